The minimum Gasteiger partial charge on any atom is -0.481 e. The minimum atomic E-state index is -1.66. The van der Waals surface area contributed by atoms with Crippen molar-refractivity contribution in [3.63, 3.8) is 0 Å². The van der Waals surface area contributed by atoms with Crippen LogP contribution in [0.15, 0.2) is 30.3 Å². The van der Waals surface area contributed by atoms with Crippen molar-refractivity contribution in [3.05, 3.63) is 35.9 Å². The fourth-order valence-electron chi connectivity index (χ4n) is 2.86. The summed E-state index contributed by atoms with van der Waals surface area (Å²) in [6.45, 7) is 0. The van der Waals surface area contributed by atoms with E-state index in [1.165, 1.54) is 11.8 Å². The molecule has 0 saturated carbocycles. The van der Waals surface area contributed by atoms with E-state index in [-0.39, 0.29) is 18.6 Å². The van der Waals surface area contributed by atoms with Gasteiger partial charge < -0.3 is 31.9 Å². The van der Waals surface area contributed by atoms with Gasteiger partial charge in [0.05, 0.1) is 12.5 Å². The maximum Gasteiger partial charge on any atom is 0.326 e. The lowest BCUT2D eigenvalue weighted by Crippen LogP contribution is -2.58. The number of thioether (sulfide) groups is 1. The molecule has 7 N–H and O–H groups in total. The van der Waals surface area contributed by atoms with Crippen molar-refractivity contribution in [2.75, 3.05) is 17.8 Å². The van der Waals surface area contributed by atoms with Gasteiger partial charge in [0.25, 0.3) is 0 Å². The molecule has 3 amide bonds. The lowest BCUT2D eigenvalue weighted by Gasteiger charge is -2.24. The molecule has 0 bridgehead atoms. The summed E-state index contributed by atoms with van der Waals surface area (Å²) >= 11 is 5.49. The largest absolute Gasteiger partial charge is 0.481 e. The van der Waals surface area contributed by atoms with E-state index in [1.54, 1.807) is 6.26 Å². The molecule has 0 heterocycles. The molecule has 1 rings (SSSR count). The molecule has 0 saturated heterocycles. The summed E-state index contributed by atoms with van der Waals surface area (Å²) in [6, 6.07) is 4.28. The lowest BCUT2D eigenvalue weighted by molar-refractivity contribution is -0.147. The van der Waals surface area contributed by atoms with E-state index < -0.39 is 60.2 Å². The SMILES string of the molecule is CSCCC(NC(=O)C(CS)NC(=O)C(N)Cc1ccccc1)C(=O)NC(CC(=O)O)C(=O)O. The first-order chi connectivity index (χ1) is 16.1. The maximum absolute atomic E-state index is 12.8. The molecule has 188 valence electrons. The molecule has 0 aromatic heterocycles. The highest BCUT2D eigenvalue weighted by molar-refractivity contribution is 7.98. The van der Waals surface area contributed by atoms with E-state index >= 15 is 0 Å². The first-order valence-corrected chi connectivity index (χ1v) is 12.4. The second-order valence-electron chi connectivity index (χ2n) is 7.38. The summed E-state index contributed by atoms with van der Waals surface area (Å²) in [4.78, 5) is 60.0. The molecule has 0 fully saturated rings. The summed E-state index contributed by atoms with van der Waals surface area (Å²) in [6.07, 6.45) is 1.37. The molecule has 0 spiro atoms. The van der Waals surface area contributed by atoms with Gasteiger partial charge in [-0.05, 0) is 30.4 Å². The smallest absolute Gasteiger partial charge is 0.326 e. The van der Waals surface area contributed by atoms with E-state index in [0.29, 0.717) is 5.75 Å². The van der Waals surface area contributed by atoms with E-state index in [2.05, 4.69) is 28.6 Å². The number of hydrogen-bond acceptors (Lipinski definition) is 8. The molecule has 0 aliphatic carbocycles. The van der Waals surface area contributed by atoms with Crippen LogP contribution in [0, 0.1) is 0 Å². The Bertz CT molecular complexity index is 857. The van der Waals surface area contributed by atoms with Gasteiger partial charge >= 0.3 is 11.9 Å². The first-order valence-electron chi connectivity index (χ1n) is 10.3. The topological polar surface area (TPSA) is 188 Å². The summed E-state index contributed by atoms with van der Waals surface area (Å²) in [7, 11) is 0. The molecule has 34 heavy (non-hydrogen) atoms. The Balaban J connectivity index is 2.81. The summed E-state index contributed by atoms with van der Waals surface area (Å²) in [5, 5.41) is 25.1. The van der Waals surface area contributed by atoms with Crippen LogP contribution >= 0.6 is 24.4 Å². The number of amides is 3. The summed E-state index contributed by atoms with van der Waals surface area (Å²) in [5.41, 5.74) is 6.80. The van der Waals surface area contributed by atoms with Crippen molar-refractivity contribution in [2.45, 2.75) is 43.4 Å². The van der Waals surface area contributed by atoms with Crippen LogP contribution in [0.4, 0.5) is 0 Å². The average Bonchev–Trinajstić information content (AvgIpc) is 2.79. The number of benzene rings is 1. The molecule has 0 aliphatic heterocycles. The Morgan fingerprint density at radius 3 is 2.03 bits per heavy atom. The number of carboxylic acid groups (broad SMARTS) is 2. The number of carboxylic acids is 2. The predicted octanol–water partition coefficient (Wildman–Crippen LogP) is -0.747. The third kappa shape index (κ3) is 10.4. The molecular weight excluding hydrogens is 484 g/mol. The van der Waals surface area contributed by atoms with E-state index in [4.69, 9.17) is 15.9 Å². The Hall–Kier alpha value is -2.77. The van der Waals surface area contributed by atoms with Crippen LogP contribution in [0.25, 0.3) is 0 Å². The molecule has 0 aliphatic rings. The molecular formula is C21H30N4O7S2. The Morgan fingerprint density at radius 1 is 0.941 bits per heavy atom. The minimum absolute atomic E-state index is 0.0801. The zero-order chi connectivity index (χ0) is 25.7. The van der Waals surface area contributed by atoms with Gasteiger partial charge in [-0.1, -0.05) is 30.3 Å². The Labute approximate surface area is 207 Å². The van der Waals surface area contributed by atoms with Gasteiger partial charge in [0.2, 0.25) is 17.7 Å². The number of carbonyl (C=O) groups is 5. The highest BCUT2D eigenvalue weighted by Gasteiger charge is 2.30. The number of aliphatic carboxylic acids is 2. The van der Waals surface area contributed by atoms with Crippen molar-refractivity contribution in [2.24, 2.45) is 5.73 Å². The van der Waals surface area contributed by atoms with Gasteiger partial charge in [-0.3, -0.25) is 19.2 Å². The van der Waals surface area contributed by atoms with Crippen LogP contribution in [0.1, 0.15) is 18.4 Å². The van der Waals surface area contributed by atoms with Gasteiger partial charge in [0, 0.05) is 5.75 Å². The van der Waals surface area contributed by atoms with E-state index in [9.17, 15) is 24.0 Å². The Kier molecular flexibility index (Phi) is 13.1. The van der Waals surface area contributed by atoms with Crippen molar-refractivity contribution in [1.82, 2.24) is 16.0 Å². The van der Waals surface area contributed by atoms with Crippen molar-refractivity contribution >= 4 is 54.1 Å². The summed E-state index contributed by atoms with van der Waals surface area (Å²) < 4.78 is 0. The van der Waals surface area contributed by atoms with Crippen LogP contribution in [-0.4, -0.2) is 81.8 Å². The second-order valence-corrected chi connectivity index (χ2v) is 8.73. The van der Waals surface area contributed by atoms with Gasteiger partial charge in [-0.2, -0.15) is 24.4 Å². The molecule has 4 unspecified atom stereocenters. The monoisotopic (exact) mass is 514 g/mol. The lowest BCUT2D eigenvalue weighted by atomic mass is 10.1. The van der Waals surface area contributed by atoms with Gasteiger partial charge in [-0.25, -0.2) is 4.79 Å². The Morgan fingerprint density at radius 2 is 1.50 bits per heavy atom. The average molecular weight is 515 g/mol. The fourth-order valence-corrected chi connectivity index (χ4v) is 3.59. The predicted molar refractivity (Wildman–Crippen MR) is 131 cm³/mol. The van der Waals surface area contributed by atoms with Crippen LogP contribution < -0.4 is 21.7 Å². The number of carbonyl (C=O) groups excluding carboxylic acids is 3. The maximum atomic E-state index is 12.8. The van der Waals surface area contributed by atoms with Gasteiger partial charge in [0.1, 0.15) is 18.1 Å². The number of rotatable bonds is 15. The molecule has 13 heteroatoms. The second kappa shape index (κ2) is 15.2. The van der Waals surface area contributed by atoms with Crippen LogP contribution in [0.3, 0.4) is 0 Å². The zero-order valence-electron chi connectivity index (χ0n) is 18.6. The number of thiol groups is 1. The third-order valence-electron chi connectivity index (χ3n) is 4.69. The van der Waals surface area contributed by atoms with Gasteiger partial charge in [0.15, 0.2) is 0 Å². The first kappa shape index (κ1) is 29.3. The van der Waals surface area contributed by atoms with Crippen molar-refractivity contribution in [3.8, 4) is 0 Å². The van der Waals surface area contributed by atoms with E-state index in [0.717, 1.165) is 5.56 Å². The molecule has 1 aromatic rings. The third-order valence-corrected chi connectivity index (χ3v) is 5.70. The number of nitrogens with two attached hydrogens (primary N) is 1. The number of nitrogens with one attached hydrogen (secondary N) is 3. The van der Waals surface area contributed by atoms with Gasteiger partial charge in [-0.15, -0.1) is 0 Å². The van der Waals surface area contributed by atoms with Crippen molar-refractivity contribution < 1.29 is 34.2 Å². The highest BCUT2D eigenvalue weighted by Crippen LogP contribution is 2.05. The highest BCUT2D eigenvalue weighted by atomic mass is 32.2. The standard InChI is InChI=1S/C21H30N4O7S2/c1-34-8-7-14(19(29)24-15(21(31)32)10-17(26)27)23-20(30)16(11-33)25-18(28)13(22)9-12-5-3-2-4-6-12/h2-6,13-16,33H,7-11,22H2,1H3,(H,23,30)(H,24,29)(H,25,28)(H,26,27)(H,31,32). The van der Waals surface area contributed by atoms with Crippen LogP contribution in [-0.2, 0) is 30.4 Å². The fraction of sp³-hybridized carbons (Fsp3) is 0.476. The number of hydrogen-bond donors (Lipinski definition) is 7. The van der Waals surface area contributed by atoms with Crippen molar-refractivity contribution in [1.29, 1.82) is 0 Å². The molecule has 0 radical (unpaired) electrons. The van der Waals surface area contributed by atoms with Crippen LogP contribution in [0.5, 0.6) is 0 Å². The molecule has 4 atom stereocenters. The zero-order valence-corrected chi connectivity index (χ0v) is 20.3. The molecule has 11 nitrogen and oxygen atoms in total. The normalized spacial score (nSPS) is 14.2. The van der Waals surface area contributed by atoms with Crippen LogP contribution in [0.2, 0.25) is 0 Å². The quantitative estimate of drug-likeness (QED) is 0.148. The van der Waals surface area contributed by atoms with E-state index in [1.807, 2.05) is 30.3 Å². The molecule has 1 aromatic carbocycles. The summed E-state index contributed by atoms with van der Waals surface area (Å²) in [5.74, 6) is -4.67.